The minimum absolute atomic E-state index is 0.160. The highest BCUT2D eigenvalue weighted by Gasteiger charge is 2.17. The van der Waals surface area contributed by atoms with Crippen LogP contribution in [0.3, 0.4) is 0 Å². The van der Waals surface area contributed by atoms with Crippen LogP contribution in [-0.4, -0.2) is 21.6 Å². The number of hydrogen-bond acceptors (Lipinski definition) is 2. The maximum Gasteiger partial charge on any atom is 0.326 e. The lowest BCUT2D eigenvalue weighted by Crippen LogP contribution is -2.36. The Morgan fingerprint density at radius 3 is 2.85 bits per heavy atom. The average Bonchev–Trinajstić information content (AvgIpc) is 2.99. The number of urea groups is 1. The lowest BCUT2D eigenvalue weighted by atomic mass is 10.2. The zero-order chi connectivity index (χ0) is 14.1. The van der Waals surface area contributed by atoms with Crippen molar-refractivity contribution in [3.63, 3.8) is 0 Å². The van der Waals surface area contributed by atoms with E-state index < -0.39 is 0 Å². The van der Waals surface area contributed by atoms with E-state index in [0.717, 1.165) is 23.9 Å². The summed E-state index contributed by atoms with van der Waals surface area (Å²) in [6, 6.07) is 5.48. The summed E-state index contributed by atoms with van der Waals surface area (Å²) < 4.78 is 1.54. The molecule has 20 heavy (non-hydrogen) atoms. The topological polar surface area (TPSA) is 78.9 Å². The van der Waals surface area contributed by atoms with Crippen LogP contribution in [0, 0.1) is 0 Å². The second-order valence-corrected chi connectivity index (χ2v) is 5.30. The van der Waals surface area contributed by atoms with Gasteiger partial charge in [0.25, 0.3) is 0 Å². The minimum Gasteiger partial charge on any atom is -0.335 e. The fourth-order valence-corrected chi connectivity index (χ4v) is 2.74. The number of aromatic amines is 1. The molecule has 2 amide bonds. The number of benzene rings is 1. The van der Waals surface area contributed by atoms with Gasteiger partial charge in [-0.1, -0.05) is 12.8 Å². The average molecular weight is 274 g/mol. The first-order chi connectivity index (χ1) is 9.63. The zero-order valence-electron chi connectivity index (χ0n) is 11.4. The predicted octanol–water partition coefficient (Wildman–Crippen LogP) is 1.93. The van der Waals surface area contributed by atoms with Crippen LogP contribution >= 0.6 is 0 Å². The van der Waals surface area contributed by atoms with Crippen molar-refractivity contribution < 1.29 is 4.79 Å². The van der Waals surface area contributed by atoms with Gasteiger partial charge in [-0.15, -0.1) is 0 Å². The molecule has 1 aromatic carbocycles. The molecule has 1 aliphatic rings. The number of carbonyl (C=O) groups is 1. The van der Waals surface area contributed by atoms with Crippen molar-refractivity contribution >= 4 is 22.8 Å². The first-order valence-corrected chi connectivity index (χ1v) is 6.90. The molecule has 3 N–H and O–H groups in total. The summed E-state index contributed by atoms with van der Waals surface area (Å²) in [5.41, 5.74) is 2.05. The van der Waals surface area contributed by atoms with Crippen molar-refractivity contribution in [2.24, 2.45) is 7.05 Å². The molecule has 2 aromatic rings. The maximum atomic E-state index is 11.9. The summed E-state index contributed by atoms with van der Waals surface area (Å²) in [4.78, 5) is 26.1. The standard InChI is InChI=1S/C14H18N4O2/c1-18-12-7-6-10(8-11(12)17-14(18)20)16-13(19)15-9-4-2-3-5-9/h6-9H,2-5H2,1H3,(H,17,20)(H2,15,16,19). The molecule has 1 aliphatic carbocycles. The monoisotopic (exact) mass is 274 g/mol. The number of hydrogen-bond donors (Lipinski definition) is 3. The van der Waals surface area contributed by atoms with Gasteiger partial charge in [0.1, 0.15) is 0 Å². The summed E-state index contributed by atoms with van der Waals surface area (Å²) in [7, 11) is 1.71. The number of anilines is 1. The Balaban J connectivity index is 1.73. The Labute approximate surface area is 116 Å². The number of fused-ring (bicyclic) bond motifs is 1. The molecular formula is C14H18N4O2. The van der Waals surface area contributed by atoms with Gasteiger partial charge in [-0.05, 0) is 31.0 Å². The molecule has 0 saturated heterocycles. The third-order valence-electron chi connectivity index (χ3n) is 3.85. The number of H-pyrrole nitrogens is 1. The first kappa shape index (κ1) is 12.8. The normalized spacial score (nSPS) is 15.7. The van der Waals surface area contributed by atoms with Crippen LogP contribution in [0.2, 0.25) is 0 Å². The lowest BCUT2D eigenvalue weighted by Gasteiger charge is -2.12. The van der Waals surface area contributed by atoms with Gasteiger partial charge in [0.05, 0.1) is 11.0 Å². The molecule has 0 bridgehead atoms. The minimum atomic E-state index is -0.186. The third kappa shape index (κ3) is 2.41. The summed E-state index contributed by atoms with van der Waals surface area (Å²) in [6.45, 7) is 0. The molecular weight excluding hydrogens is 256 g/mol. The van der Waals surface area contributed by atoms with Crippen molar-refractivity contribution in [1.29, 1.82) is 0 Å². The van der Waals surface area contributed by atoms with Crippen LogP contribution in [0.15, 0.2) is 23.0 Å². The highest BCUT2D eigenvalue weighted by Crippen LogP contribution is 2.19. The maximum absolute atomic E-state index is 11.9. The molecule has 1 aromatic heterocycles. The second-order valence-electron chi connectivity index (χ2n) is 5.30. The zero-order valence-corrected chi connectivity index (χ0v) is 11.4. The van der Waals surface area contributed by atoms with E-state index in [9.17, 15) is 9.59 Å². The summed E-state index contributed by atoms with van der Waals surface area (Å²) in [5.74, 6) is 0. The largest absolute Gasteiger partial charge is 0.335 e. The highest BCUT2D eigenvalue weighted by molar-refractivity contribution is 5.92. The Bertz CT molecular complexity index is 695. The molecule has 1 saturated carbocycles. The summed E-state index contributed by atoms with van der Waals surface area (Å²) >= 11 is 0. The van der Waals surface area contributed by atoms with E-state index in [0.29, 0.717) is 5.69 Å². The number of nitrogens with zero attached hydrogens (tertiary/aromatic N) is 1. The van der Waals surface area contributed by atoms with Crippen LogP contribution in [0.4, 0.5) is 10.5 Å². The van der Waals surface area contributed by atoms with Crippen LogP contribution in [-0.2, 0) is 7.05 Å². The number of rotatable bonds is 2. The fourth-order valence-electron chi connectivity index (χ4n) is 2.74. The van der Waals surface area contributed by atoms with Gasteiger partial charge in [0.15, 0.2) is 0 Å². The third-order valence-corrected chi connectivity index (χ3v) is 3.85. The Morgan fingerprint density at radius 1 is 1.35 bits per heavy atom. The van der Waals surface area contributed by atoms with Gasteiger partial charge < -0.3 is 15.6 Å². The van der Waals surface area contributed by atoms with E-state index >= 15 is 0 Å². The van der Waals surface area contributed by atoms with Gasteiger partial charge >= 0.3 is 11.7 Å². The fraction of sp³-hybridized carbons (Fsp3) is 0.429. The molecule has 0 atom stereocenters. The summed E-state index contributed by atoms with van der Waals surface area (Å²) in [6.07, 6.45) is 4.47. The molecule has 106 valence electrons. The van der Waals surface area contributed by atoms with E-state index in [2.05, 4.69) is 15.6 Å². The predicted molar refractivity (Wildman–Crippen MR) is 78.0 cm³/mol. The Kier molecular flexibility index (Phi) is 3.22. The SMILES string of the molecule is Cn1c(=O)[nH]c2cc(NC(=O)NC3CCCC3)ccc21. The van der Waals surface area contributed by atoms with Gasteiger partial charge in [-0.25, -0.2) is 9.59 Å². The number of aromatic nitrogens is 2. The van der Waals surface area contributed by atoms with Crippen LogP contribution < -0.4 is 16.3 Å². The molecule has 6 heteroatoms. The Hall–Kier alpha value is -2.24. The number of aryl methyl sites for hydroxylation is 1. The molecule has 0 aliphatic heterocycles. The van der Waals surface area contributed by atoms with Crippen LogP contribution in [0.25, 0.3) is 11.0 Å². The molecule has 1 fully saturated rings. The molecule has 1 heterocycles. The van der Waals surface area contributed by atoms with Gasteiger partial charge in [-0.3, -0.25) is 4.57 Å². The number of carbonyl (C=O) groups excluding carboxylic acids is 1. The van der Waals surface area contributed by atoms with Gasteiger partial charge in [0, 0.05) is 18.8 Å². The molecule has 3 rings (SSSR count). The van der Waals surface area contributed by atoms with E-state index in [4.69, 9.17) is 0 Å². The van der Waals surface area contributed by atoms with Crippen LogP contribution in [0.1, 0.15) is 25.7 Å². The smallest absolute Gasteiger partial charge is 0.326 e. The first-order valence-electron chi connectivity index (χ1n) is 6.90. The van der Waals surface area contributed by atoms with Crippen molar-refractivity contribution in [3.05, 3.63) is 28.7 Å². The van der Waals surface area contributed by atoms with Crippen molar-refractivity contribution in [1.82, 2.24) is 14.9 Å². The number of amides is 2. The van der Waals surface area contributed by atoms with E-state index in [1.54, 1.807) is 19.2 Å². The van der Waals surface area contributed by atoms with E-state index in [-0.39, 0.29) is 17.8 Å². The Morgan fingerprint density at radius 2 is 2.10 bits per heavy atom. The van der Waals surface area contributed by atoms with Gasteiger partial charge in [0.2, 0.25) is 0 Å². The highest BCUT2D eigenvalue weighted by atomic mass is 16.2. The number of nitrogens with one attached hydrogen (secondary N) is 3. The van der Waals surface area contributed by atoms with Crippen molar-refractivity contribution in [2.75, 3.05) is 5.32 Å². The molecule has 0 spiro atoms. The second kappa shape index (κ2) is 5.03. The summed E-state index contributed by atoms with van der Waals surface area (Å²) in [5, 5.41) is 5.77. The van der Waals surface area contributed by atoms with Crippen molar-refractivity contribution in [2.45, 2.75) is 31.7 Å². The molecule has 6 nitrogen and oxygen atoms in total. The molecule has 0 radical (unpaired) electrons. The van der Waals surface area contributed by atoms with E-state index in [1.807, 2.05) is 6.07 Å². The molecule has 0 unspecified atom stereocenters. The van der Waals surface area contributed by atoms with E-state index in [1.165, 1.54) is 17.4 Å². The lowest BCUT2D eigenvalue weighted by molar-refractivity contribution is 0.248. The van der Waals surface area contributed by atoms with Crippen LogP contribution in [0.5, 0.6) is 0 Å². The number of imidazole rings is 1. The van der Waals surface area contributed by atoms with Crippen molar-refractivity contribution in [3.8, 4) is 0 Å². The quantitative estimate of drug-likeness (QED) is 0.782. The van der Waals surface area contributed by atoms with Gasteiger partial charge in [-0.2, -0.15) is 0 Å².